The third-order valence-corrected chi connectivity index (χ3v) is 5.88. The van der Waals surface area contributed by atoms with Crippen LogP contribution in [0, 0.1) is 11.8 Å². The maximum atomic E-state index is 12.9. The smallest absolute Gasteiger partial charge is 0.166 e. The van der Waals surface area contributed by atoms with Crippen molar-refractivity contribution in [3.05, 3.63) is 71.4 Å². The number of hydrogen-bond acceptors (Lipinski definition) is 4. The highest BCUT2D eigenvalue weighted by Crippen LogP contribution is 2.39. The van der Waals surface area contributed by atoms with Crippen molar-refractivity contribution in [1.29, 1.82) is 0 Å². The summed E-state index contributed by atoms with van der Waals surface area (Å²) in [5, 5.41) is 0. The molecule has 1 heterocycles. The number of methoxy groups -OCH3 is 2. The number of benzene rings is 2. The van der Waals surface area contributed by atoms with Crippen LogP contribution < -0.4 is 9.47 Å². The fraction of sp³-hybridized carbons (Fsp3) is 0.375. The minimum absolute atomic E-state index is 0.0575. The first-order valence-electron chi connectivity index (χ1n) is 9.93. The van der Waals surface area contributed by atoms with Crippen molar-refractivity contribution in [2.24, 2.45) is 11.8 Å². The molecule has 146 valence electrons. The van der Waals surface area contributed by atoms with Gasteiger partial charge in [-0.25, -0.2) is 0 Å². The van der Waals surface area contributed by atoms with Gasteiger partial charge in [0, 0.05) is 24.6 Å². The molecule has 0 amide bonds. The van der Waals surface area contributed by atoms with Crippen molar-refractivity contribution < 1.29 is 14.3 Å². The molecule has 0 saturated carbocycles. The molecule has 4 rings (SSSR count). The minimum Gasteiger partial charge on any atom is -0.493 e. The van der Waals surface area contributed by atoms with E-state index in [1.54, 1.807) is 14.2 Å². The summed E-state index contributed by atoms with van der Waals surface area (Å²) in [5.74, 6) is 2.09. The molecule has 28 heavy (non-hydrogen) atoms. The van der Waals surface area contributed by atoms with Gasteiger partial charge in [-0.05, 0) is 54.6 Å². The summed E-state index contributed by atoms with van der Waals surface area (Å²) in [6.07, 6.45) is 7.29. The molecule has 2 aromatic carbocycles. The lowest BCUT2D eigenvalue weighted by Crippen LogP contribution is -2.26. The Morgan fingerprint density at radius 3 is 2.50 bits per heavy atom. The second-order valence-corrected chi connectivity index (χ2v) is 7.71. The van der Waals surface area contributed by atoms with Crippen molar-refractivity contribution in [2.45, 2.75) is 25.8 Å². The number of Topliss-reactive ketones (excluding diaryl/α,β-unsaturated/α-hetero) is 1. The van der Waals surface area contributed by atoms with E-state index in [-0.39, 0.29) is 11.7 Å². The minimum atomic E-state index is 0.0575. The van der Waals surface area contributed by atoms with Gasteiger partial charge in [0.15, 0.2) is 17.3 Å². The summed E-state index contributed by atoms with van der Waals surface area (Å²) >= 11 is 0. The van der Waals surface area contributed by atoms with E-state index >= 15 is 0 Å². The van der Waals surface area contributed by atoms with E-state index in [4.69, 9.17) is 9.47 Å². The van der Waals surface area contributed by atoms with Crippen molar-refractivity contribution in [3.63, 3.8) is 0 Å². The summed E-state index contributed by atoms with van der Waals surface area (Å²) in [6.45, 7) is 1.98. The van der Waals surface area contributed by atoms with Gasteiger partial charge in [-0.2, -0.15) is 0 Å². The molecule has 4 nitrogen and oxygen atoms in total. The summed E-state index contributed by atoms with van der Waals surface area (Å²) in [4.78, 5) is 15.3. The quantitative estimate of drug-likeness (QED) is 0.744. The molecule has 0 spiro atoms. The van der Waals surface area contributed by atoms with Crippen LogP contribution in [0.3, 0.4) is 0 Å². The third kappa shape index (κ3) is 3.77. The highest BCUT2D eigenvalue weighted by atomic mass is 16.5. The molecule has 0 fully saturated rings. The van der Waals surface area contributed by atoms with Gasteiger partial charge in [0.25, 0.3) is 0 Å². The standard InChI is InChI=1S/C24H27NO3/c1-27-22-14-19-13-20(24(26)21(19)15-23(22)28-2)12-17-8-10-25(11-9-17)16-18-6-4-3-5-7-18/h3-8,10,14-15,17,20H,9,11-13,16H2,1-2H3. The van der Waals surface area contributed by atoms with Crippen molar-refractivity contribution >= 4 is 5.78 Å². The van der Waals surface area contributed by atoms with E-state index in [2.05, 4.69) is 41.4 Å². The second-order valence-electron chi connectivity index (χ2n) is 7.71. The zero-order valence-electron chi connectivity index (χ0n) is 16.6. The van der Waals surface area contributed by atoms with E-state index in [0.29, 0.717) is 17.4 Å². The molecule has 0 N–H and O–H groups in total. The number of nitrogens with zero attached hydrogens (tertiary/aromatic N) is 1. The number of carbonyl (C=O) groups excluding carboxylic acids is 1. The predicted octanol–water partition coefficient (Wildman–Crippen LogP) is 4.48. The van der Waals surface area contributed by atoms with E-state index in [0.717, 1.165) is 43.5 Å². The Morgan fingerprint density at radius 2 is 1.82 bits per heavy atom. The number of ketones is 1. The molecule has 4 heteroatoms. The normalized spacial score (nSPS) is 20.9. The number of hydrogen-bond donors (Lipinski definition) is 0. The molecule has 0 bridgehead atoms. The average Bonchev–Trinajstić information content (AvgIpc) is 3.03. The fourth-order valence-corrected chi connectivity index (χ4v) is 4.35. The Balaban J connectivity index is 1.39. The van der Waals surface area contributed by atoms with Gasteiger partial charge in [-0.3, -0.25) is 4.79 Å². The van der Waals surface area contributed by atoms with Crippen LogP contribution in [-0.2, 0) is 13.0 Å². The van der Waals surface area contributed by atoms with Crippen LogP contribution >= 0.6 is 0 Å². The van der Waals surface area contributed by atoms with Gasteiger partial charge >= 0.3 is 0 Å². The zero-order valence-corrected chi connectivity index (χ0v) is 16.6. The van der Waals surface area contributed by atoms with Crippen LogP contribution in [0.15, 0.2) is 54.7 Å². The Hall–Kier alpha value is -2.75. The molecule has 0 aromatic heterocycles. The van der Waals surface area contributed by atoms with Gasteiger partial charge in [0.1, 0.15) is 0 Å². The number of allylic oxidation sites excluding steroid dienone is 1. The Morgan fingerprint density at radius 1 is 1.07 bits per heavy atom. The van der Waals surface area contributed by atoms with Gasteiger partial charge in [0.2, 0.25) is 0 Å². The fourth-order valence-electron chi connectivity index (χ4n) is 4.35. The molecule has 2 aromatic rings. The van der Waals surface area contributed by atoms with E-state index in [1.165, 1.54) is 5.56 Å². The zero-order chi connectivity index (χ0) is 19.5. The monoisotopic (exact) mass is 377 g/mol. The molecular weight excluding hydrogens is 350 g/mol. The highest BCUT2D eigenvalue weighted by Gasteiger charge is 2.33. The molecule has 2 atom stereocenters. The first-order valence-corrected chi connectivity index (χ1v) is 9.93. The summed E-state index contributed by atoms with van der Waals surface area (Å²) < 4.78 is 10.8. The summed E-state index contributed by atoms with van der Waals surface area (Å²) in [6, 6.07) is 14.3. The van der Waals surface area contributed by atoms with Gasteiger partial charge < -0.3 is 14.4 Å². The number of carbonyl (C=O) groups is 1. The van der Waals surface area contributed by atoms with E-state index in [9.17, 15) is 4.79 Å². The SMILES string of the molecule is COc1cc2c(cc1OC)C(=O)C(CC1C=CN(Cc3ccccc3)CC1)C2. The van der Waals surface area contributed by atoms with Gasteiger partial charge in [0.05, 0.1) is 14.2 Å². The number of rotatable bonds is 6. The Kier molecular flexibility index (Phi) is 5.38. The molecule has 2 aliphatic rings. The van der Waals surface area contributed by atoms with Crippen molar-refractivity contribution in [3.8, 4) is 11.5 Å². The maximum absolute atomic E-state index is 12.9. The topological polar surface area (TPSA) is 38.8 Å². The lowest BCUT2D eigenvalue weighted by Gasteiger charge is -2.29. The first-order chi connectivity index (χ1) is 13.7. The largest absolute Gasteiger partial charge is 0.493 e. The molecule has 0 saturated heterocycles. The summed E-state index contributed by atoms with van der Waals surface area (Å²) in [7, 11) is 3.24. The first kappa shape index (κ1) is 18.6. The van der Waals surface area contributed by atoms with Crippen LogP contribution in [-0.4, -0.2) is 31.4 Å². The second kappa shape index (κ2) is 8.09. The molecular formula is C24H27NO3. The summed E-state index contributed by atoms with van der Waals surface area (Å²) in [5.41, 5.74) is 3.21. The lowest BCUT2D eigenvalue weighted by molar-refractivity contribution is 0.0919. The molecule has 1 aliphatic heterocycles. The van der Waals surface area contributed by atoms with Gasteiger partial charge in [-0.15, -0.1) is 0 Å². The molecule has 1 aliphatic carbocycles. The molecule has 2 unspecified atom stereocenters. The molecule has 0 radical (unpaired) electrons. The Bertz CT molecular complexity index is 875. The Labute approximate surface area is 166 Å². The lowest BCUT2D eigenvalue weighted by atomic mass is 9.88. The van der Waals surface area contributed by atoms with E-state index in [1.807, 2.05) is 18.2 Å². The van der Waals surface area contributed by atoms with Gasteiger partial charge in [-0.1, -0.05) is 36.4 Å². The van der Waals surface area contributed by atoms with Crippen LogP contribution in [0.5, 0.6) is 11.5 Å². The third-order valence-electron chi connectivity index (χ3n) is 5.88. The van der Waals surface area contributed by atoms with Crippen LogP contribution in [0.1, 0.15) is 34.3 Å². The van der Waals surface area contributed by atoms with Crippen LogP contribution in [0.4, 0.5) is 0 Å². The van der Waals surface area contributed by atoms with Crippen molar-refractivity contribution in [2.75, 3.05) is 20.8 Å². The predicted molar refractivity (Wildman–Crippen MR) is 110 cm³/mol. The number of fused-ring (bicyclic) bond motifs is 1. The van der Waals surface area contributed by atoms with Crippen molar-refractivity contribution in [1.82, 2.24) is 4.90 Å². The van der Waals surface area contributed by atoms with Crippen LogP contribution in [0.2, 0.25) is 0 Å². The van der Waals surface area contributed by atoms with Crippen LogP contribution in [0.25, 0.3) is 0 Å². The van der Waals surface area contributed by atoms with E-state index < -0.39 is 0 Å². The number of ether oxygens (including phenoxy) is 2. The maximum Gasteiger partial charge on any atom is 0.166 e. The highest BCUT2D eigenvalue weighted by molar-refractivity contribution is 6.02. The average molecular weight is 377 g/mol.